The van der Waals surface area contributed by atoms with Gasteiger partial charge in [-0.05, 0) is 6.42 Å². The molecule has 0 bridgehead atoms. The van der Waals surface area contributed by atoms with E-state index < -0.39 is 0 Å². The van der Waals surface area contributed by atoms with E-state index in [4.69, 9.17) is 9.47 Å². The molecule has 0 amide bonds. The molecule has 1 aliphatic heterocycles. The summed E-state index contributed by atoms with van der Waals surface area (Å²) >= 11 is 0. The van der Waals surface area contributed by atoms with Gasteiger partial charge in [-0.1, -0.05) is 0 Å². The van der Waals surface area contributed by atoms with Gasteiger partial charge in [-0.2, -0.15) is 0 Å². The number of ether oxygens (including phenoxy) is 2. The van der Waals surface area contributed by atoms with Crippen LogP contribution in [0.1, 0.15) is 12.0 Å². The molecule has 1 aromatic rings. The van der Waals surface area contributed by atoms with Crippen LogP contribution >= 0.6 is 0 Å². The van der Waals surface area contributed by atoms with Crippen molar-refractivity contribution in [1.29, 1.82) is 0 Å². The number of methoxy groups -OCH3 is 2. The van der Waals surface area contributed by atoms with E-state index in [9.17, 15) is 0 Å². The van der Waals surface area contributed by atoms with Crippen LogP contribution in [0.5, 0.6) is 0 Å². The summed E-state index contributed by atoms with van der Waals surface area (Å²) in [6.45, 7) is 2.54. The first-order valence-corrected chi connectivity index (χ1v) is 5.83. The van der Waals surface area contributed by atoms with Crippen LogP contribution in [-0.4, -0.2) is 54.4 Å². The predicted octanol–water partition coefficient (Wildman–Crippen LogP) is 0.712. The minimum atomic E-state index is 0.305. The lowest BCUT2D eigenvalue weighted by atomic mass is 10.2. The fourth-order valence-corrected chi connectivity index (χ4v) is 2.31. The van der Waals surface area contributed by atoms with Crippen molar-refractivity contribution in [2.24, 2.45) is 0 Å². The van der Waals surface area contributed by atoms with E-state index in [1.807, 2.05) is 12.4 Å². The van der Waals surface area contributed by atoms with Crippen molar-refractivity contribution in [3.63, 3.8) is 0 Å². The monoisotopic (exact) mass is 237 g/mol. The third-order valence-electron chi connectivity index (χ3n) is 3.18. The Morgan fingerprint density at radius 2 is 2.12 bits per heavy atom. The van der Waals surface area contributed by atoms with Crippen LogP contribution in [0.2, 0.25) is 0 Å². The number of hydrogen-bond acceptors (Lipinski definition) is 5. The van der Waals surface area contributed by atoms with Gasteiger partial charge < -0.3 is 9.47 Å². The van der Waals surface area contributed by atoms with E-state index in [-0.39, 0.29) is 0 Å². The van der Waals surface area contributed by atoms with E-state index in [1.165, 1.54) is 0 Å². The van der Waals surface area contributed by atoms with Crippen LogP contribution in [0.3, 0.4) is 0 Å². The normalized spacial score (nSPS) is 25.3. The van der Waals surface area contributed by atoms with E-state index in [2.05, 4.69) is 14.9 Å². The summed E-state index contributed by atoms with van der Waals surface area (Å²) in [5, 5.41) is 0. The average Bonchev–Trinajstić information content (AvgIpc) is 2.74. The molecular weight excluding hydrogens is 218 g/mol. The maximum absolute atomic E-state index is 5.43. The number of hydrogen-bond donors (Lipinski definition) is 0. The maximum Gasteiger partial charge on any atom is 0.115 e. The minimum absolute atomic E-state index is 0.305. The first-order valence-electron chi connectivity index (χ1n) is 5.83. The molecule has 0 unspecified atom stereocenters. The molecule has 0 spiro atoms. The van der Waals surface area contributed by atoms with Gasteiger partial charge in [0.25, 0.3) is 0 Å². The van der Waals surface area contributed by atoms with Crippen molar-refractivity contribution >= 4 is 0 Å². The van der Waals surface area contributed by atoms with Gasteiger partial charge in [0.05, 0.1) is 12.7 Å². The molecule has 94 valence electrons. The van der Waals surface area contributed by atoms with Gasteiger partial charge in [-0.25, -0.2) is 9.97 Å². The second-order valence-corrected chi connectivity index (χ2v) is 4.38. The Hall–Kier alpha value is -1.04. The molecule has 1 saturated heterocycles. The smallest absolute Gasteiger partial charge is 0.115 e. The molecule has 17 heavy (non-hydrogen) atoms. The maximum atomic E-state index is 5.43. The molecule has 0 saturated carbocycles. The van der Waals surface area contributed by atoms with Crippen LogP contribution in [0, 0.1) is 0 Å². The van der Waals surface area contributed by atoms with Crippen LogP contribution in [-0.2, 0) is 16.0 Å². The van der Waals surface area contributed by atoms with Crippen molar-refractivity contribution in [3.8, 4) is 0 Å². The minimum Gasteiger partial charge on any atom is -0.383 e. The van der Waals surface area contributed by atoms with Gasteiger partial charge in [0.15, 0.2) is 0 Å². The Bertz CT molecular complexity index is 334. The van der Waals surface area contributed by atoms with Gasteiger partial charge in [0.2, 0.25) is 0 Å². The Balaban J connectivity index is 1.98. The highest BCUT2D eigenvalue weighted by Crippen LogP contribution is 2.22. The molecule has 1 fully saturated rings. The lowest BCUT2D eigenvalue weighted by Crippen LogP contribution is -2.32. The fraction of sp³-hybridized carbons (Fsp3) is 0.667. The molecule has 0 N–H and O–H groups in total. The summed E-state index contributed by atoms with van der Waals surface area (Å²) < 4.78 is 10.7. The van der Waals surface area contributed by atoms with Crippen molar-refractivity contribution < 1.29 is 9.47 Å². The van der Waals surface area contributed by atoms with Crippen LogP contribution in [0.15, 0.2) is 18.7 Å². The molecule has 0 aromatic carbocycles. The van der Waals surface area contributed by atoms with Crippen molar-refractivity contribution in [3.05, 3.63) is 24.3 Å². The Labute approximate surface area is 102 Å². The molecule has 2 heterocycles. The fourth-order valence-electron chi connectivity index (χ4n) is 2.31. The van der Waals surface area contributed by atoms with E-state index >= 15 is 0 Å². The standard InChI is InChI=1S/C12H19N3O2/c1-16-8-11-3-12(17-2)7-15(11)6-10-4-13-9-14-5-10/h4-5,9,11-12H,3,6-8H2,1-2H3/t11-,12-/m0/s1. The Morgan fingerprint density at radius 1 is 1.35 bits per heavy atom. The summed E-state index contributed by atoms with van der Waals surface area (Å²) in [7, 11) is 3.51. The topological polar surface area (TPSA) is 47.5 Å². The molecule has 1 aromatic heterocycles. The molecule has 5 nitrogen and oxygen atoms in total. The molecule has 2 atom stereocenters. The highest BCUT2D eigenvalue weighted by atomic mass is 16.5. The highest BCUT2D eigenvalue weighted by Gasteiger charge is 2.31. The zero-order chi connectivity index (χ0) is 12.1. The van der Waals surface area contributed by atoms with Crippen molar-refractivity contribution in [2.45, 2.75) is 25.1 Å². The first kappa shape index (κ1) is 12.4. The first-order chi connectivity index (χ1) is 8.33. The molecule has 5 heteroatoms. The largest absolute Gasteiger partial charge is 0.383 e. The van der Waals surface area contributed by atoms with Gasteiger partial charge in [0.1, 0.15) is 6.33 Å². The zero-order valence-electron chi connectivity index (χ0n) is 10.4. The summed E-state index contributed by atoms with van der Waals surface area (Å²) in [5.41, 5.74) is 1.13. The summed E-state index contributed by atoms with van der Waals surface area (Å²) in [6.07, 6.45) is 6.60. The van der Waals surface area contributed by atoms with E-state index in [0.29, 0.717) is 12.1 Å². The molecule has 1 aliphatic rings. The van der Waals surface area contributed by atoms with Gasteiger partial charge in [0, 0.05) is 51.3 Å². The summed E-state index contributed by atoms with van der Waals surface area (Å²) in [6, 6.07) is 0.421. The highest BCUT2D eigenvalue weighted by molar-refractivity contribution is 5.03. The zero-order valence-corrected chi connectivity index (χ0v) is 10.4. The Morgan fingerprint density at radius 3 is 2.76 bits per heavy atom. The van der Waals surface area contributed by atoms with Crippen LogP contribution < -0.4 is 0 Å². The number of rotatable bonds is 5. The lowest BCUT2D eigenvalue weighted by molar-refractivity contribution is 0.106. The van der Waals surface area contributed by atoms with Gasteiger partial charge in [-0.3, -0.25) is 4.90 Å². The quantitative estimate of drug-likeness (QED) is 0.755. The summed E-state index contributed by atoms with van der Waals surface area (Å²) in [5.74, 6) is 0. The second-order valence-electron chi connectivity index (χ2n) is 4.38. The van der Waals surface area contributed by atoms with Crippen molar-refractivity contribution in [2.75, 3.05) is 27.4 Å². The number of aromatic nitrogens is 2. The number of likely N-dealkylation sites (tertiary alicyclic amines) is 1. The van der Waals surface area contributed by atoms with Gasteiger partial charge >= 0.3 is 0 Å². The third kappa shape index (κ3) is 3.21. The molecule has 0 aliphatic carbocycles. The SMILES string of the molecule is COC[C@@H]1C[C@H](OC)CN1Cc1cncnc1. The van der Waals surface area contributed by atoms with Gasteiger partial charge in [-0.15, -0.1) is 0 Å². The lowest BCUT2D eigenvalue weighted by Gasteiger charge is -2.22. The molecule has 2 rings (SSSR count). The second kappa shape index (κ2) is 6.05. The van der Waals surface area contributed by atoms with Crippen LogP contribution in [0.25, 0.3) is 0 Å². The van der Waals surface area contributed by atoms with E-state index in [0.717, 1.165) is 31.7 Å². The number of nitrogens with zero attached hydrogens (tertiary/aromatic N) is 3. The Kier molecular flexibility index (Phi) is 4.42. The van der Waals surface area contributed by atoms with Crippen molar-refractivity contribution in [1.82, 2.24) is 14.9 Å². The average molecular weight is 237 g/mol. The van der Waals surface area contributed by atoms with E-state index in [1.54, 1.807) is 20.5 Å². The predicted molar refractivity (Wildman–Crippen MR) is 63.5 cm³/mol. The molecular formula is C12H19N3O2. The third-order valence-corrected chi connectivity index (χ3v) is 3.18. The molecule has 0 radical (unpaired) electrons. The summed E-state index contributed by atoms with van der Waals surface area (Å²) in [4.78, 5) is 10.4. The van der Waals surface area contributed by atoms with Crippen LogP contribution in [0.4, 0.5) is 0 Å².